The molecule has 0 radical (unpaired) electrons. The van der Waals surface area contributed by atoms with Gasteiger partial charge >= 0.3 is 0 Å². The molecule has 2 aromatic carbocycles. The van der Waals surface area contributed by atoms with E-state index in [4.69, 9.17) is 4.74 Å². The second-order valence-electron chi connectivity index (χ2n) is 8.28. The van der Waals surface area contributed by atoms with Gasteiger partial charge in [0.05, 0.1) is 18.0 Å². The van der Waals surface area contributed by atoms with Gasteiger partial charge in [-0.25, -0.2) is 4.39 Å². The molecule has 2 aromatic rings. The molecule has 0 bridgehead atoms. The fourth-order valence-corrected chi connectivity index (χ4v) is 5.24. The van der Waals surface area contributed by atoms with E-state index in [0.29, 0.717) is 18.4 Å². The van der Waals surface area contributed by atoms with E-state index in [2.05, 4.69) is 34.2 Å². The zero-order chi connectivity index (χ0) is 19.3. The van der Waals surface area contributed by atoms with Crippen molar-refractivity contribution in [3.05, 3.63) is 53.8 Å². The monoisotopic (exact) mass is 383 g/mol. The number of para-hydroxylation sites is 1. The molecule has 6 heteroatoms. The molecule has 5 nitrogen and oxygen atoms in total. The van der Waals surface area contributed by atoms with Crippen molar-refractivity contribution in [3.8, 4) is 5.75 Å². The van der Waals surface area contributed by atoms with Crippen molar-refractivity contribution in [1.29, 1.82) is 0 Å². The molecule has 1 fully saturated rings. The highest BCUT2D eigenvalue weighted by atomic mass is 19.1. The highest BCUT2D eigenvalue weighted by Crippen LogP contribution is 2.54. The number of piperidine rings is 1. The van der Waals surface area contributed by atoms with Crippen LogP contribution < -0.4 is 15.0 Å². The Kier molecular flexibility index (Phi) is 4.21. The average Bonchev–Trinajstić information content (AvgIpc) is 3.16. The summed E-state index contributed by atoms with van der Waals surface area (Å²) in [6.45, 7) is 5.92. The molecule has 0 saturated carbocycles. The Morgan fingerprint density at radius 3 is 2.89 bits per heavy atom. The molecule has 3 aliphatic rings. The van der Waals surface area contributed by atoms with Crippen LogP contribution in [-0.2, 0) is 5.41 Å². The van der Waals surface area contributed by atoms with Crippen molar-refractivity contribution in [2.45, 2.75) is 37.6 Å². The van der Waals surface area contributed by atoms with E-state index in [1.54, 1.807) is 12.1 Å². The largest absolute Gasteiger partial charge is 0.494 e. The molecule has 3 atom stereocenters. The Morgan fingerprint density at radius 2 is 2.07 bits per heavy atom. The minimum atomic E-state index is -0.626. The van der Waals surface area contributed by atoms with Crippen molar-refractivity contribution in [1.82, 2.24) is 4.90 Å². The number of halogens is 1. The van der Waals surface area contributed by atoms with Gasteiger partial charge in [-0.2, -0.15) is 0 Å². The van der Waals surface area contributed by atoms with E-state index in [0.717, 1.165) is 38.2 Å². The van der Waals surface area contributed by atoms with Gasteiger partial charge in [-0.05, 0) is 48.7 Å². The number of likely N-dealkylation sites (tertiary alicyclic amines) is 1. The predicted octanol–water partition coefficient (Wildman–Crippen LogP) is 3.15. The minimum Gasteiger partial charge on any atom is -0.494 e. The Balaban J connectivity index is 1.23. The smallest absolute Gasteiger partial charge is 0.205 e. The average molecular weight is 383 g/mol. The van der Waals surface area contributed by atoms with E-state index in [-0.39, 0.29) is 11.2 Å². The van der Waals surface area contributed by atoms with Crippen molar-refractivity contribution >= 4 is 11.4 Å². The molecule has 1 saturated heterocycles. The van der Waals surface area contributed by atoms with Gasteiger partial charge in [0.2, 0.25) is 6.35 Å². The Hall–Kier alpha value is -2.31. The first-order valence-electron chi connectivity index (χ1n) is 10.0. The number of aliphatic hydroxyl groups is 1. The third kappa shape index (κ3) is 2.74. The fourth-order valence-electron chi connectivity index (χ4n) is 5.24. The molecule has 148 valence electrons. The molecule has 0 aromatic heterocycles. The second-order valence-corrected chi connectivity index (χ2v) is 8.28. The summed E-state index contributed by atoms with van der Waals surface area (Å²) in [7, 11) is 0. The lowest BCUT2D eigenvalue weighted by atomic mass is 9.74. The molecule has 0 aliphatic carbocycles. The van der Waals surface area contributed by atoms with Gasteiger partial charge in [0.25, 0.3) is 0 Å². The summed E-state index contributed by atoms with van der Waals surface area (Å²) in [6, 6.07) is 12.8. The van der Waals surface area contributed by atoms with Crippen LogP contribution in [0.25, 0.3) is 0 Å². The molecule has 2 unspecified atom stereocenters. The SMILES string of the molecule is CC12CN(CCCOc3ccc(F)cc3)CC[C@@H]1N1c3c(cccc32)NC1O. The molecule has 5 rings (SSSR count). The van der Waals surface area contributed by atoms with E-state index in [9.17, 15) is 9.50 Å². The van der Waals surface area contributed by atoms with Crippen LogP contribution in [0.15, 0.2) is 42.5 Å². The number of hydrogen-bond acceptors (Lipinski definition) is 5. The Morgan fingerprint density at radius 1 is 1.25 bits per heavy atom. The van der Waals surface area contributed by atoms with Gasteiger partial charge in [-0.1, -0.05) is 19.1 Å². The summed E-state index contributed by atoms with van der Waals surface area (Å²) in [6.07, 6.45) is 1.33. The standard InChI is InChI=1S/C22H26FN3O2/c1-22-14-25(11-3-13-28-16-8-6-15(23)7-9-16)12-10-19(22)26-20-17(22)4-2-5-18(20)24-21(26)27/h2,4-9,19,21,24,27H,3,10-14H2,1H3/t19-,21?,22?/m0/s1. The Labute approximate surface area is 164 Å². The van der Waals surface area contributed by atoms with Crippen molar-refractivity contribution in [3.63, 3.8) is 0 Å². The number of nitrogens with one attached hydrogen (secondary N) is 1. The van der Waals surface area contributed by atoms with Gasteiger partial charge < -0.3 is 25.0 Å². The minimum absolute atomic E-state index is 0.0183. The molecule has 3 aliphatic heterocycles. The van der Waals surface area contributed by atoms with E-state index in [1.807, 2.05) is 6.07 Å². The summed E-state index contributed by atoms with van der Waals surface area (Å²) >= 11 is 0. The number of fused-ring (bicyclic) bond motifs is 3. The fraction of sp³-hybridized carbons (Fsp3) is 0.455. The van der Waals surface area contributed by atoms with Crippen LogP contribution in [0.1, 0.15) is 25.3 Å². The maximum absolute atomic E-state index is 13.0. The van der Waals surface area contributed by atoms with E-state index in [1.165, 1.54) is 23.4 Å². The molecule has 0 amide bonds. The van der Waals surface area contributed by atoms with Gasteiger partial charge in [0, 0.05) is 31.1 Å². The molecule has 0 spiro atoms. The third-order valence-corrected chi connectivity index (χ3v) is 6.50. The number of hydrogen-bond donors (Lipinski definition) is 2. The summed E-state index contributed by atoms with van der Waals surface area (Å²) in [4.78, 5) is 4.69. The lowest BCUT2D eigenvalue weighted by Gasteiger charge is -2.45. The first-order valence-corrected chi connectivity index (χ1v) is 10.0. The van der Waals surface area contributed by atoms with Crippen LogP contribution in [-0.4, -0.2) is 48.6 Å². The third-order valence-electron chi connectivity index (χ3n) is 6.50. The van der Waals surface area contributed by atoms with Crippen molar-refractivity contribution in [2.24, 2.45) is 0 Å². The quantitative estimate of drug-likeness (QED) is 0.777. The maximum atomic E-state index is 13.0. The summed E-state index contributed by atoms with van der Waals surface area (Å²) in [5.41, 5.74) is 3.58. The van der Waals surface area contributed by atoms with Gasteiger partial charge in [0.15, 0.2) is 0 Å². The Bertz CT molecular complexity index is 875. The molecule has 28 heavy (non-hydrogen) atoms. The molecular formula is C22H26FN3O2. The molecule has 3 heterocycles. The van der Waals surface area contributed by atoms with Crippen molar-refractivity contribution < 1.29 is 14.2 Å². The van der Waals surface area contributed by atoms with Gasteiger partial charge in [-0.15, -0.1) is 0 Å². The summed E-state index contributed by atoms with van der Waals surface area (Å²) in [5, 5.41) is 13.7. The topological polar surface area (TPSA) is 48.0 Å². The number of aliphatic hydroxyl groups excluding tert-OH is 1. The zero-order valence-electron chi connectivity index (χ0n) is 16.1. The van der Waals surface area contributed by atoms with Crippen molar-refractivity contribution in [2.75, 3.05) is 36.5 Å². The van der Waals surface area contributed by atoms with Gasteiger partial charge in [-0.3, -0.25) is 0 Å². The van der Waals surface area contributed by atoms with Gasteiger partial charge in [0.1, 0.15) is 11.6 Å². The normalized spacial score (nSPS) is 28.0. The number of anilines is 2. The molecular weight excluding hydrogens is 357 g/mol. The maximum Gasteiger partial charge on any atom is 0.205 e. The van der Waals surface area contributed by atoms with Crippen LogP contribution in [0.5, 0.6) is 5.75 Å². The zero-order valence-corrected chi connectivity index (χ0v) is 16.1. The summed E-state index contributed by atoms with van der Waals surface area (Å²) in [5.74, 6) is 0.467. The molecule has 2 N–H and O–H groups in total. The second kappa shape index (κ2) is 6.64. The highest BCUT2D eigenvalue weighted by molar-refractivity contribution is 5.83. The number of nitrogens with zero attached hydrogens (tertiary/aromatic N) is 2. The van der Waals surface area contributed by atoms with Crippen LogP contribution in [0, 0.1) is 5.82 Å². The first-order chi connectivity index (χ1) is 13.6. The predicted molar refractivity (Wildman–Crippen MR) is 107 cm³/mol. The number of ether oxygens (including phenoxy) is 1. The van der Waals surface area contributed by atoms with Crippen LogP contribution in [0.2, 0.25) is 0 Å². The van der Waals surface area contributed by atoms with Crippen LogP contribution in [0.3, 0.4) is 0 Å². The van der Waals surface area contributed by atoms with E-state index >= 15 is 0 Å². The lowest BCUT2D eigenvalue weighted by Crippen LogP contribution is -2.57. The number of rotatable bonds is 5. The lowest BCUT2D eigenvalue weighted by molar-refractivity contribution is 0.109. The number of benzene rings is 2. The first kappa shape index (κ1) is 17.8. The van der Waals surface area contributed by atoms with E-state index < -0.39 is 6.35 Å². The highest BCUT2D eigenvalue weighted by Gasteiger charge is 2.54. The van der Waals surface area contributed by atoms with Crippen LogP contribution >= 0.6 is 0 Å². The summed E-state index contributed by atoms with van der Waals surface area (Å²) < 4.78 is 18.7. The van der Waals surface area contributed by atoms with Crippen LogP contribution in [0.4, 0.5) is 15.8 Å².